The van der Waals surface area contributed by atoms with Crippen LogP contribution in [0.4, 0.5) is 11.5 Å². The van der Waals surface area contributed by atoms with Crippen LogP contribution in [0.2, 0.25) is 0 Å². The molecular formula is C22H18N2O2. The summed E-state index contributed by atoms with van der Waals surface area (Å²) in [5.74, 6) is 0.503. The molecular weight excluding hydrogens is 324 g/mol. The van der Waals surface area contributed by atoms with Gasteiger partial charge in [-0.2, -0.15) is 0 Å². The Bertz CT molecular complexity index is 1110. The molecule has 4 rings (SSSR count). The van der Waals surface area contributed by atoms with Gasteiger partial charge >= 0.3 is 5.97 Å². The van der Waals surface area contributed by atoms with E-state index in [2.05, 4.69) is 16.4 Å². The van der Waals surface area contributed by atoms with Crippen molar-refractivity contribution < 1.29 is 9.53 Å². The predicted octanol–water partition coefficient (Wildman–Crippen LogP) is 5.31. The maximum absolute atomic E-state index is 11.9. The molecule has 0 amide bonds. The van der Waals surface area contributed by atoms with E-state index < -0.39 is 0 Å². The molecule has 0 fully saturated rings. The Kier molecular flexibility index (Phi) is 4.23. The molecule has 0 atom stereocenters. The van der Waals surface area contributed by atoms with E-state index >= 15 is 0 Å². The van der Waals surface area contributed by atoms with Crippen LogP contribution in [0.15, 0.2) is 72.8 Å². The number of hydrogen-bond donors (Lipinski definition) is 1. The van der Waals surface area contributed by atoms with E-state index in [1.54, 1.807) is 13.0 Å². The number of fused-ring (bicyclic) bond motifs is 2. The quantitative estimate of drug-likeness (QED) is 0.511. The average molecular weight is 342 g/mol. The number of nitrogens with zero attached hydrogens (tertiary/aromatic N) is 1. The van der Waals surface area contributed by atoms with E-state index in [0.717, 1.165) is 33.2 Å². The van der Waals surface area contributed by atoms with E-state index in [1.165, 1.54) is 0 Å². The van der Waals surface area contributed by atoms with E-state index in [-0.39, 0.29) is 5.97 Å². The lowest BCUT2D eigenvalue weighted by Crippen LogP contribution is -2.04. The van der Waals surface area contributed by atoms with E-state index in [1.807, 2.05) is 60.7 Å². The van der Waals surface area contributed by atoms with Crippen LogP contribution in [-0.4, -0.2) is 17.6 Å². The third-order valence-corrected chi connectivity index (χ3v) is 4.22. The molecule has 0 bridgehead atoms. The van der Waals surface area contributed by atoms with Crippen LogP contribution in [0.3, 0.4) is 0 Å². The van der Waals surface area contributed by atoms with Crippen molar-refractivity contribution in [2.45, 2.75) is 6.92 Å². The number of aromatic nitrogens is 1. The molecule has 0 aliphatic carbocycles. The zero-order chi connectivity index (χ0) is 17.9. The first-order valence-electron chi connectivity index (χ1n) is 8.57. The SMILES string of the molecule is CCOC(=O)c1ccc2cc(Nc3ccc4ccccc4n3)ccc2c1. The summed E-state index contributed by atoms with van der Waals surface area (Å²) in [6.45, 7) is 2.18. The first-order valence-corrected chi connectivity index (χ1v) is 8.57. The molecule has 128 valence electrons. The molecule has 1 aromatic heterocycles. The highest BCUT2D eigenvalue weighted by Crippen LogP contribution is 2.24. The van der Waals surface area contributed by atoms with E-state index in [9.17, 15) is 4.79 Å². The Morgan fingerprint density at radius 2 is 1.69 bits per heavy atom. The molecule has 1 heterocycles. The number of anilines is 2. The summed E-state index contributed by atoms with van der Waals surface area (Å²) in [6, 6.07) is 23.6. The van der Waals surface area contributed by atoms with Gasteiger partial charge in [-0.25, -0.2) is 9.78 Å². The normalized spacial score (nSPS) is 10.8. The van der Waals surface area contributed by atoms with Crippen LogP contribution in [-0.2, 0) is 4.74 Å². The Balaban J connectivity index is 1.62. The van der Waals surface area contributed by atoms with Gasteiger partial charge in [0.15, 0.2) is 0 Å². The first-order chi connectivity index (χ1) is 12.7. The van der Waals surface area contributed by atoms with Crippen molar-refractivity contribution in [2.75, 3.05) is 11.9 Å². The summed E-state index contributed by atoms with van der Waals surface area (Å²) in [5.41, 5.74) is 2.47. The number of benzene rings is 3. The minimum absolute atomic E-state index is 0.294. The lowest BCUT2D eigenvalue weighted by Gasteiger charge is -2.09. The number of rotatable bonds is 4. The Morgan fingerprint density at radius 3 is 2.58 bits per heavy atom. The zero-order valence-corrected chi connectivity index (χ0v) is 14.4. The number of ether oxygens (including phenoxy) is 1. The highest BCUT2D eigenvalue weighted by atomic mass is 16.5. The summed E-state index contributed by atoms with van der Waals surface area (Å²) in [5, 5.41) is 6.50. The fraction of sp³-hybridized carbons (Fsp3) is 0.0909. The second-order valence-corrected chi connectivity index (χ2v) is 6.01. The monoisotopic (exact) mass is 342 g/mol. The third-order valence-electron chi connectivity index (χ3n) is 4.22. The van der Waals surface area contributed by atoms with Gasteiger partial charge in [-0.05, 0) is 60.2 Å². The third kappa shape index (κ3) is 3.22. The number of para-hydroxylation sites is 1. The summed E-state index contributed by atoms with van der Waals surface area (Å²) in [4.78, 5) is 16.5. The molecule has 0 saturated heterocycles. The van der Waals surface area contributed by atoms with Crippen LogP contribution in [0.1, 0.15) is 17.3 Å². The highest BCUT2D eigenvalue weighted by Gasteiger charge is 2.07. The van der Waals surface area contributed by atoms with Crippen molar-refractivity contribution in [2.24, 2.45) is 0 Å². The number of pyridine rings is 1. The Labute approximate surface area is 151 Å². The number of nitrogens with one attached hydrogen (secondary N) is 1. The molecule has 4 heteroatoms. The number of carbonyl (C=O) groups excluding carboxylic acids is 1. The molecule has 4 nitrogen and oxygen atoms in total. The zero-order valence-electron chi connectivity index (χ0n) is 14.4. The lowest BCUT2D eigenvalue weighted by atomic mass is 10.1. The molecule has 0 saturated carbocycles. The predicted molar refractivity (Wildman–Crippen MR) is 105 cm³/mol. The maximum atomic E-state index is 11.9. The standard InChI is InChI=1S/C22H18N2O2/c1-2-26-22(25)18-8-7-17-14-19(11-9-16(17)13-18)23-21-12-10-15-5-3-4-6-20(15)24-21/h3-14H,2H2,1H3,(H,23,24). The van der Waals surface area contributed by atoms with Gasteiger partial charge in [0.1, 0.15) is 5.82 Å². The molecule has 0 aliphatic heterocycles. The van der Waals surface area contributed by atoms with Crippen LogP contribution in [0.5, 0.6) is 0 Å². The molecule has 0 aliphatic rings. The van der Waals surface area contributed by atoms with Crippen molar-refractivity contribution in [3.63, 3.8) is 0 Å². The van der Waals surface area contributed by atoms with Crippen LogP contribution in [0.25, 0.3) is 21.7 Å². The largest absolute Gasteiger partial charge is 0.462 e. The topological polar surface area (TPSA) is 51.2 Å². The highest BCUT2D eigenvalue weighted by molar-refractivity contribution is 5.96. The Morgan fingerprint density at radius 1 is 0.923 bits per heavy atom. The first kappa shape index (κ1) is 16.1. The van der Waals surface area contributed by atoms with Crippen molar-refractivity contribution in [3.05, 3.63) is 78.4 Å². The number of hydrogen-bond acceptors (Lipinski definition) is 4. The smallest absolute Gasteiger partial charge is 0.338 e. The summed E-state index contributed by atoms with van der Waals surface area (Å²) < 4.78 is 5.06. The number of carbonyl (C=O) groups is 1. The average Bonchev–Trinajstić information content (AvgIpc) is 2.67. The van der Waals surface area contributed by atoms with Gasteiger partial charge in [-0.15, -0.1) is 0 Å². The summed E-state index contributed by atoms with van der Waals surface area (Å²) >= 11 is 0. The van der Waals surface area contributed by atoms with Crippen LogP contribution in [0, 0.1) is 0 Å². The molecule has 26 heavy (non-hydrogen) atoms. The van der Waals surface area contributed by atoms with Gasteiger partial charge < -0.3 is 10.1 Å². The van der Waals surface area contributed by atoms with Gasteiger partial charge in [0, 0.05) is 11.1 Å². The van der Waals surface area contributed by atoms with E-state index in [4.69, 9.17) is 4.74 Å². The second kappa shape index (κ2) is 6.84. The molecule has 0 radical (unpaired) electrons. The fourth-order valence-electron chi connectivity index (χ4n) is 2.95. The van der Waals surface area contributed by atoms with Gasteiger partial charge in [-0.3, -0.25) is 0 Å². The summed E-state index contributed by atoms with van der Waals surface area (Å²) in [7, 11) is 0. The van der Waals surface area contributed by atoms with Crippen molar-refractivity contribution in [3.8, 4) is 0 Å². The van der Waals surface area contributed by atoms with Gasteiger partial charge in [0.25, 0.3) is 0 Å². The Hall–Kier alpha value is -3.40. The minimum Gasteiger partial charge on any atom is -0.462 e. The van der Waals surface area contributed by atoms with Crippen molar-refractivity contribution in [1.82, 2.24) is 4.98 Å². The van der Waals surface area contributed by atoms with Crippen LogP contribution >= 0.6 is 0 Å². The van der Waals surface area contributed by atoms with Gasteiger partial charge in [0.05, 0.1) is 17.7 Å². The summed E-state index contributed by atoms with van der Waals surface area (Å²) in [6.07, 6.45) is 0. The number of esters is 1. The fourth-order valence-corrected chi connectivity index (χ4v) is 2.95. The molecule has 4 aromatic rings. The van der Waals surface area contributed by atoms with Gasteiger partial charge in [0.2, 0.25) is 0 Å². The van der Waals surface area contributed by atoms with E-state index in [0.29, 0.717) is 12.2 Å². The van der Waals surface area contributed by atoms with Crippen LogP contribution < -0.4 is 5.32 Å². The molecule has 3 aromatic carbocycles. The van der Waals surface area contributed by atoms with Gasteiger partial charge in [-0.1, -0.05) is 30.3 Å². The maximum Gasteiger partial charge on any atom is 0.338 e. The van der Waals surface area contributed by atoms with Crippen molar-refractivity contribution in [1.29, 1.82) is 0 Å². The lowest BCUT2D eigenvalue weighted by molar-refractivity contribution is 0.0526. The second-order valence-electron chi connectivity index (χ2n) is 6.01. The van der Waals surface area contributed by atoms with Crippen molar-refractivity contribution >= 4 is 39.1 Å². The molecule has 1 N–H and O–H groups in total. The molecule has 0 unspecified atom stereocenters. The molecule has 0 spiro atoms. The minimum atomic E-state index is -0.294.